The molecular weight excluding hydrogens is 172 g/mol. The molecule has 0 aliphatic heterocycles. The Labute approximate surface area is 78.5 Å². The lowest BCUT2D eigenvalue weighted by Crippen LogP contribution is -2.25. The summed E-state index contributed by atoms with van der Waals surface area (Å²) in [6, 6.07) is 0.298. The summed E-state index contributed by atoms with van der Waals surface area (Å²) in [7, 11) is 0. The number of nitrogens with one attached hydrogen (secondary N) is 1. The van der Waals surface area contributed by atoms with Crippen molar-refractivity contribution in [3.05, 3.63) is 0 Å². The van der Waals surface area contributed by atoms with Gasteiger partial charge in [0.2, 0.25) is 5.91 Å². The molecule has 12 heavy (non-hydrogen) atoms. The molecule has 0 heterocycles. The van der Waals surface area contributed by atoms with Gasteiger partial charge in [-0.1, -0.05) is 6.92 Å². The predicted octanol–water partition coefficient (Wildman–Crippen LogP) is 0.593. The molecule has 0 saturated heterocycles. The number of nitrogens with two attached hydrogens (primary N) is 1. The first kappa shape index (κ1) is 11.8. The monoisotopic (exact) mass is 190 g/mol. The van der Waals surface area contributed by atoms with Crippen LogP contribution in [0.3, 0.4) is 0 Å². The zero-order valence-electron chi connectivity index (χ0n) is 7.80. The standard InChI is InChI=1S/C8H18N2OS/c1-3-8(9)6-12-5-4-10-7(2)11/h8H,3-6,9H2,1-2H3,(H,10,11). The minimum atomic E-state index is 0.0374. The highest BCUT2D eigenvalue weighted by molar-refractivity contribution is 7.99. The molecule has 0 rings (SSSR count). The van der Waals surface area contributed by atoms with E-state index in [0.717, 1.165) is 24.5 Å². The van der Waals surface area contributed by atoms with Gasteiger partial charge in [-0.2, -0.15) is 11.8 Å². The Balaban J connectivity index is 3.05. The smallest absolute Gasteiger partial charge is 0.216 e. The fraction of sp³-hybridized carbons (Fsp3) is 0.875. The summed E-state index contributed by atoms with van der Waals surface area (Å²) >= 11 is 1.79. The minimum absolute atomic E-state index is 0.0374. The third-order valence-corrected chi connectivity index (χ3v) is 2.63. The largest absolute Gasteiger partial charge is 0.356 e. The van der Waals surface area contributed by atoms with E-state index >= 15 is 0 Å². The maximum Gasteiger partial charge on any atom is 0.216 e. The first-order chi connectivity index (χ1) is 5.66. The van der Waals surface area contributed by atoms with Crippen LogP contribution in [0, 0.1) is 0 Å². The van der Waals surface area contributed by atoms with Gasteiger partial charge in [-0.15, -0.1) is 0 Å². The Morgan fingerprint density at radius 3 is 2.83 bits per heavy atom. The summed E-state index contributed by atoms with van der Waals surface area (Å²) in [5, 5.41) is 2.74. The highest BCUT2D eigenvalue weighted by Crippen LogP contribution is 2.02. The second kappa shape index (κ2) is 7.43. The molecule has 0 saturated carbocycles. The van der Waals surface area contributed by atoms with Crippen molar-refractivity contribution < 1.29 is 4.79 Å². The summed E-state index contributed by atoms with van der Waals surface area (Å²) in [5.74, 6) is 1.97. The second-order valence-corrected chi connectivity index (χ2v) is 3.88. The molecule has 3 nitrogen and oxygen atoms in total. The van der Waals surface area contributed by atoms with E-state index < -0.39 is 0 Å². The van der Waals surface area contributed by atoms with E-state index in [-0.39, 0.29) is 5.91 Å². The lowest BCUT2D eigenvalue weighted by Gasteiger charge is -2.07. The number of hydrogen-bond acceptors (Lipinski definition) is 3. The van der Waals surface area contributed by atoms with Gasteiger partial charge >= 0.3 is 0 Å². The molecule has 3 N–H and O–H groups in total. The first-order valence-electron chi connectivity index (χ1n) is 4.24. The number of thioether (sulfide) groups is 1. The summed E-state index contributed by atoms with van der Waals surface area (Å²) in [4.78, 5) is 10.5. The van der Waals surface area contributed by atoms with Gasteiger partial charge in [0.25, 0.3) is 0 Å². The molecule has 1 unspecified atom stereocenters. The lowest BCUT2D eigenvalue weighted by atomic mass is 10.3. The molecule has 1 atom stereocenters. The van der Waals surface area contributed by atoms with Crippen LogP contribution in [0.15, 0.2) is 0 Å². The molecule has 0 aromatic heterocycles. The Kier molecular flexibility index (Phi) is 7.29. The van der Waals surface area contributed by atoms with Crippen LogP contribution in [0.1, 0.15) is 20.3 Å². The van der Waals surface area contributed by atoms with Crippen molar-refractivity contribution in [1.82, 2.24) is 5.32 Å². The van der Waals surface area contributed by atoms with Gasteiger partial charge in [0.1, 0.15) is 0 Å². The van der Waals surface area contributed by atoms with Gasteiger partial charge in [0.05, 0.1) is 0 Å². The molecule has 4 heteroatoms. The van der Waals surface area contributed by atoms with Crippen molar-refractivity contribution in [3.8, 4) is 0 Å². The van der Waals surface area contributed by atoms with E-state index in [4.69, 9.17) is 5.73 Å². The molecule has 0 fully saturated rings. The van der Waals surface area contributed by atoms with E-state index in [1.54, 1.807) is 11.8 Å². The number of carbonyl (C=O) groups excluding carboxylic acids is 1. The molecule has 0 aromatic rings. The molecular formula is C8H18N2OS. The Morgan fingerprint density at radius 1 is 1.67 bits per heavy atom. The molecule has 0 aliphatic carbocycles. The van der Waals surface area contributed by atoms with E-state index in [0.29, 0.717) is 6.04 Å². The van der Waals surface area contributed by atoms with E-state index in [1.807, 2.05) is 0 Å². The zero-order valence-corrected chi connectivity index (χ0v) is 8.62. The second-order valence-electron chi connectivity index (χ2n) is 2.73. The van der Waals surface area contributed by atoms with Gasteiger partial charge in [0.15, 0.2) is 0 Å². The first-order valence-corrected chi connectivity index (χ1v) is 5.40. The van der Waals surface area contributed by atoms with Crippen LogP contribution in [-0.4, -0.2) is 30.0 Å². The minimum Gasteiger partial charge on any atom is -0.356 e. The maximum absolute atomic E-state index is 10.5. The number of hydrogen-bond donors (Lipinski definition) is 2. The number of rotatable bonds is 6. The fourth-order valence-electron chi connectivity index (χ4n) is 0.652. The van der Waals surface area contributed by atoms with Crippen LogP contribution in [-0.2, 0) is 4.79 Å². The van der Waals surface area contributed by atoms with Crippen molar-refractivity contribution in [2.75, 3.05) is 18.1 Å². The highest BCUT2D eigenvalue weighted by atomic mass is 32.2. The molecule has 72 valence electrons. The topological polar surface area (TPSA) is 55.1 Å². The Hall–Kier alpha value is -0.220. The van der Waals surface area contributed by atoms with Crippen molar-refractivity contribution in [1.29, 1.82) is 0 Å². The van der Waals surface area contributed by atoms with Gasteiger partial charge in [0, 0.05) is 31.0 Å². The Bertz CT molecular complexity index is 130. The summed E-state index contributed by atoms with van der Waals surface area (Å²) in [6.07, 6.45) is 1.02. The normalized spacial score (nSPS) is 12.6. The average Bonchev–Trinajstić information content (AvgIpc) is 2.03. The van der Waals surface area contributed by atoms with E-state index in [2.05, 4.69) is 12.2 Å². The van der Waals surface area contributed by atoms with Gasteiger partial charge < -0.3 is 11.1 Å². The van der Waals surface area contributed by atoms with Crippen LogP contribution < -0.4 is 11.1 Å². The van der Waals surface area contributed by atoms with E-state index in [1.165, 1.54) is 6.92 Å². The lowest BCUT2D eigenvalue weighted by molar-refractivity contribution is -0.118. The fourth-order valence-corrected chi connectivity index (χ4v) is 1.60. The molecule has 0 radical (unpaired) electrons. The van der Waals surface area contributed by atoms with Crippen LogP contribution in [0.2, 0.25) is 0 Å². The van der Waals surface area contributed by atoms with Crippen molar-refractivity contribution >= 4 is 17.7 Å². The zero-order chi connectivity index (χ0) is 9.40. The van der Waals surface area contributed by atoms with Crippen molar-refractivity contribution in [2.24, 2.45) is 5.73 Å². The molecule has 1 amide bonds. The summed E-state index contributed by atoms with van der Waals surface area (Å²) in [5.41, 5.74) is 5.71. The van der Waals surface area contributed by atoms with Crippen molar-refractivity contribution in [2.45, 2.75) is 26.3 Å². The van der Waals surface area contributed by atoms with E-state index in [9.17, 15) is 4.79 Å². The summed E-state index contributed by atoms with van der Waals surface area (Å²) in [6.45, 7) is 4.36. The average molecular weight is 190 g/mol. The number of amides is 1. The van der Waals surface area contributed by atoms with Crippen LogP contribution >= 0.6 is 11.8 Å². The molecule has 0 spiro atoms. The maximum atomic E-state index is 10.5. The SMILES string of the molecule is CCC(N)CSCCNC(C)=O. The molecule has 0 bridgehead atoms. The van der Waals surface area contributed by atoms with Crippen LogP contribution in [0.5, 0.6) is 0 Å². The van der Waals surface area contributed by atoms with Gasteiger partial charge in [-0.25, -0.2) is 0 Å². The molecule has 0 aliphatic rings. The number of carbonyl (C=O) groups is 1. The van der Waals surface area contributed by atoms with Crippen LogP contribution in [0.4, 0.5) is 0 Å². The molecule has 0 aromatic carbocycles. The van der Waals surface area contributed by atoms with Gasteiger partial charge in [-0.05, 0) is 6.42 Å². The third kappa shape index (κ3) is 7.88. The quantitative estimate of drug-likeness (QED) is 0.603. The summed E-state index contributed by atoms with van der Waals surface area (Å²) < 4.78 is 0. The highest BCUT2D eigenvalue weighted by Gasteiger charge is 1.98. The third-order valence-electron chi connectivity index (χ3n) is 1.48. The predicted molar refractivity (Wildman–Crippen MR) is 54.3 cm³/mol. The Morgan fingerprint density at radius 2 is 2.33 bits per heavy atom. The van der Waals surface area contributed by atoms with Crippen LogP contribution in [0.25, 0.3) is 0 Å². The van der Waals surface area contributed by atoms with Crippen molar-refractivity contribution in [3.63, 3.8) is 0 Å². The van der Waals surface area contributed by atoms with Gasteiger partial charge in [-0.3, -0.25) is 4.79 Å².